The van der Waals surface area contributed by atoms with Crippen LogP contribution in [0.25, 0.3) is 11.0 Å². The van der Waals surface area contributed by atoms with Gasteiger partial charge >= 0.3 is 5.69 Å². The second kappa shape index (κ2) is 8.10. The highest BCUT2D eigenvalue weighted by atomic mass is 16.2. The fourth-order valence-electron chi connectivity index (χ4n) is 3.43. The number of hydrogen-bond acceptors (Lipinski definition) is 5. The summed E-state index contributed by atoms with van der Waals surface area (Å²) in [5.74, 6) is -0.722. The first-order chi connectivity index (χ1) is 15.3. The molecule has 0 aliphatic rings. The molecular weight excluding hydrogens is 410 g/mol. The van der Waals surface area contributed by atoms with Crippen LogP contribution >= 0.6 is 0 Å². The van der Waals surface area contributed by atoms with Crippen molar-refractivity contribution in [1.82, 2.24) is 18.7 Å². The quantitative estimate of drug-likeness (QED) is 0.526. The van der Waals surface area contributed by atoms with Gasteiger partial charge < -0.3 is 5.32 Å². The van der Waals surface area contributed by atoms with Gasteiger partial charge in [-0.05, 0) is 30.7 Å². The van der Waals surface area contributed by atoms with Gasteiger partial charge in [-0.3, -0.25) is 28.1 Å². The first kappa shape index (κ1) is 21.0. The van der Waals surface area contributed by atoms with E-state index in [0.29, 0.717) is 11.0 Å². The molecule has 0 bridgehead atoms. The Morgan fingerprint density at radius 2 is 1.72 bits per heavy atom. The van der Waals surface area contributed by atoms with Crippen molar-refractivity contribution in [1.29, 1.82) is 0 Å². The number of aryl methyl sites for hydroxylation is 1. The molecule has 0 aliphatic carbocycles. The smallest absolute Gasteiger partial charge is 0.308 e. The van der Waals surface area contributed by atoms with Crippen LogP contribution < -0.4 is 22.1 Å². The predicted molar refractivity (Wildman–Crippen MR) is 121 cm³/mol. The summed E-state index contributed by atoms with van der Waals surface area (Å²) in [6.45, 7) is 2.21. The van der Waals surface area contributed by atoms with Gasteiger partial charge in [-0.15, -0.1) is 0 Å². The number of nitrogens with zero attached hydrogens (tertiary/aromatic N) is 4. The van der Waals surface area contributed by atoms with Crippen molar-refractivity contribution in [2.45, 2.75) is 13.5 Å². The number of hydrogen-bond donors (Lipinski definition) is 1. The molecule has 1 aromatic carbocycles. The molecule has 0 radical (unpaired) electrons. The minimum Gasteiger partial charge on any atom is -0.308 e. The van der Waals surface area contributed by atoms with Gasteiger partial charge in [-0.2, -0.15) is 0 Å². The van der Waals surface area contributed by atoms with Crippen molar-refractivity contribution >= 4 is 22.8 Å². The van der Waals surface area contributed by atoms with Crippen molar-refractivity contribution < 1.29 is 4.79 Å². The Labute approximate surface area is 182 Å². The Kier molecular flexibility index (Phi) is 5.31. The minimum absolute atomic E-state index is 0.00105. The van der Waals surface area contributed by atoms with Crippen LogP contribution in [0.5, 0.6) is 0 Å². The lowest BCUT2D eigenvalue weighted by molar-refractivity contribution is 0.102. The van der Waals surface area contributed by atoms with Crippen LogP contribution in [0.4, 0.5) is 5.82 Å². The number of fused-ring (bicyclic) bond motifs is 1. The number of benzene rings is 1. The van der Waals surface area contributed by atoms with Crippen LogP contribution in [0.2, 0.25) is 0 Å². The minimum atomic E-state index is -0.721. The zero-order chi connectivity index (χ0) is 23.0. The fourth-order valence-corrected chi connectivity index (χ4v) is 3.43. The van der Waals surface area contributed by atoms with Crippen molar-refractivity contribution in [3.8, 4) is 0 Å². The number of pyridine rings is 2. The summed E-state index contributed by atoms with van der Waals surface area (Å²) >= 11 is 0. The second-order valence-electron chi connectivity index (χ2n) is 7.57. The number of carbonyl (C=O) groups is 1. The molecule has 9 heteroatoms. The summed E-state index contributed by atoms with van der Waals surface area (Å²) in [7, 11) is 2.77. The van der Waals surface area contributed by atoms with Crippen molar-refractivity contribution in [3.05, 3.63) is 103 Å². The van der Waals surface area contributed by atoms with Crippen molar-refractivity contribution in [2.24, 2.45) is 14.1 Å². The van der Waals surface area contributed by atoms with Gasteiger partial charge in [0.2, 0.25) is 0 Å². The third-order valence-corrected chi connectivity index (χ3v) is 5.32. The molecule has 32 heavy (non-hydrogen) atoms. The Balaban J connectivity index is 1.81. The average Bonchev–Trinajstić information content (AvgIpc) is 2.79. The largest absolute Gasteiger partial charge is 0.332 e. The lowest BCUT2D eigenvalue weighted by Crippen LogP contribution is -2.38. The molecule has 9 nitrogen and oxygen atoms in total. The summed E-state index contributed by atoms with van der Waals surface area (Å²) in [6.07, 6.45) is 1.59. The van der Waals surface area contributed by atoms with Crippen LogP contribution in [-0.2, 0) is 20.6 Å². The number of carbonyl (C=O) groups excluding carboxylic acids is 1. The topological polar surface area (TPSA) is 108 Å². The maximum atomic E-state index is 13.3. The molecule has 162 valence electrons. The van der Waals surface area contributed by atoms with Crippen molar-refractivity contribution in [3.63, 3.8) is 0 Å². The summed E-state index contributed by atoms with van der Waals surface area (Å²) < 4.78 is 3.50. The summed E-state index contributed by atoms with van der Waals surface area (Å²) in [5.41, 5.74) is 0.632. The molecule has 1 amide bonds. The van der Waals surface area contributed by atoms with Gasteiger partial charge in [0, 0.05) is 31.7 Å². The molecule has 0 aliphatic heterocycles. The monoisotopic (exact) mass is 431 g/mol. The summed E-state index contributed by atoms with van der Waals surface area (Å²) in [5, 5.41) is 3.13. The molecule has 4 rings (SSSR count). The van der Waals surface area contributed by atoms with E-state index in [1.807, 2.05) is 31.2 Å². The van der Waals surface area contributed by atoms with E-state index in [4.69, 9.17) is 0 Å². The number of aromatic nitrogens is 4. The highest BCUT2D eigenvalue weighted by Crippen LogP contribution is 2.14. The fraction of sp³-hybridized carbons (Fsp3) is 0.174. The van der Waals surface area contributed by atoms with Gasteiger partial charge in [0.15, 0.2) is 0 Å². The Hall–Kier alpha value is -4.27. The molecule has 4 aromatic rings. The van der Waals surface area contributed by atoms with E-state index in [9.17, 15) is 19.2 Å². The molecule has 0 fully saturated rings. The highest BCUT2D eigenvalue weighted by Gasteiger charge is 2.18. The summed E-state index contributed by atoms with van der Waals surface area (Å²) in [6, 6.07) is 13.8. The lowest BCUT2D eigenvalue weighted by Gasteiger charge is -2.14. The first-order valence-electron chi connectivity index (χ1n) is 9.89. The molecule has 0 spiro atoms. The Morgan fingerprint density at radius 3 is 2.44 bits per heavy atom. The van der Waals surface area contributed by atoms with E-state index in [-0.39, 0.29) is 17.9 Å². The Morgan fingerprint density at radius 1 is 1.00 bits per heavy atom. The van der Waals surface area contributed by atoms with E-state index >= 15 is 0 Å². The predicted octanol–water partition coefficient (Wildman–Crippen LogP) is 1.40. The lowest BCUT2D eigenvalue weighted by atomic mass is 10.1. The average molecular weight is 431 g/mol. The number of nitrogens with one attached hydrogen (secondary N) is 1. The third-order valence-electron chi connectivity index (χ3n) is 5.32. The number of amides is 1. The van der Waals surface area contributed by atoms with E-state index in [0.717, 1.165) is 26.3 Å². The molecule has 0 unspecified atom stereocenters. The van der Waals surface area contributed by atoms with Crippen LogP contribution in [0.1, 0.15) is 21.5 Å². The third kappa shape index (κ3) is 3.76. The summed E-state index contributed by atoms with van der Waals surface area (Å²) in [4.78, 5) is 54.8. The van der Waals surface area contributed by atoms with Gasteiger partial charge in [-0.25, -0.2) is 9.78 Å². The van der Waals surface area contributed by atoms with Gasteiger partial charge in [0.05, 0.1) is 6.54 Å². The van der Waals surface area contributed by atoms with Gasteiger partial charge in [-0.1, -0.05) is 29.8 Å². The molecule has 0 saturated heterocycles. The second-order valence-corrected chi connectivity index (χ2v) is 7.57. The van der Waals surface area contributed by atoms with E-state index in [1.54, 1.807) is 18.3 Å². The van der Waals surface area contributed by atoms with E-state index in [1.165, 1.54) is 24.7 Å². The molecule has 0 saturated carbocycles. The molecule has 3 heterocycles. The maximum absolute atomic E-state index is 13.3. The van der Waals surface area contributed by atoms with Crippen LogP contribution in [0.3, 0.4) is 0 Å². The normalized spacial score (nSPS) is 11.0. The zero-order valence-corrected chi connectivity index (χ0v) is 17.8. The SMILES string of the molecule is Cc1ccc(Cn2c(=O)c(C(=O)Nc3cc(=O)n(C)c(=O)n3C)cc3cccnc32)cc1. The van der Waals surface area contributed by atoms with Crippen LogP contribution in [0.15, 0.2) is 69.1 Å². The van der Waals surface area contributed by atoms with E-state index < -0.39 is 22.7 Å². The standard InChI is InChI=1S/C23H21N5O4/c1-14-6-8-15(9-7-14)13-28-20-16(5-4-10-24-20)11-17(22(28)31)21(30)25-18-12-19(29)27(3)23(32)26(18)2/h4-12H,13H2,1-3H3,(H,25,30). The van der Waals surface area contributed by atoms with Crippen LogP contribution in [0, 0.1) is 6.92 Å². The molecule has 1 N–H and O–H groups in total. The van der Waals surface area contributed by atoms with Crippen molar-refractivity contribution in [2.75, 3.05) is 5.32 Å². The van der Waals surface area contributed by atoms with Gasteiger partial charge in [0.25, 0.3) is 17.0 Å². The molecular formula is C23H21N5O4. The maximum Gasteiger partial charge on any atom is 0.332 e. The van der Waals surface area contributed by atoms with Gasteiger partial charge in [0.1, 0.15) is 17.0 Å². The molecule has 3 aromatic heterocycles. The van der Waals surface area contributed by atoms with E-state index in [2.05, 4.69) is 10.3 Å². The highest BCUT2D eigenvalue weighted by molar-refractivity contribution is 6.05. The first-order valence-corrected chi connectivity index (χ1v) is 9.89. The Bertz CT molecular complexity index is 1530. The zero-order valence-electron chi connectivity index (χ0n) is 17.8. The number of anilines is 1. The molecule has 0 atom stereocenters. The van der Waals surface area contributed by atoms with Crippen LogP contribution in [-0.4, -0.2) is 24.6 Å². The number of rotatable bonds is 4.